The Hall–Kier alpha value is -2.94. The van der Waals surface area contributed by atoms with Crippen LogP contribution in [0.4, 0.5) is 0 Å². The first-order valence-corrected chi connectivity index (χ1v) is 13.1. The third-order valence-electron chi connectivity index (χ3n) is 6.16. The van der Waals surface area contributed by atoms with Gasteiger partial charge in [-0.2, -0.15) is 9.97 Å². The monoisotopic (exact) mass is 539 g/mol. The highest BCUT2D eigenvalue weighted by Crippen LogP contribution is 2.43. The van der Waals surface area contributed by atoms with Crippen molar-refractivity contribution in [1.29, 1.82) is 0 Å². The van der Waals surface area contributed by atoms with E-state index in [0.29, 0.717) is 17.9 Å². The minimum absolute atomic E-state index is 0.0236. The van der Waals surface area contributed by atoms with Gasteiger partial charge in [-0.1, -0.05) is 11.6 Å². The maximum atomic E-state index is 13.6. The molecule has 1 fully saturated rings. The van der Waals surface area contributed by atoms with Crippen molar-refractivity contribution >= 4 is 21.4 Å². The number of rotatable bonds is 10. The van der Waals surface area contributed by atoms with Gasteiger partial charge in [-0.3, -0.25) is 4.57 Å². The first kappa shape index (κ1) is 26.1. The average Bonchev–Trinajstić information content (AvgIpc) is 3.25. The van der Waals surface area contributed by atoms with Gasteiger partial charge in [-0.15, -0.1) is 10.2 Å². The fraction of sp³-hybridized carbons (Fsp3) is 0.524. The van der Waals surface area contributed by atoms with E-state index >= 15 is 0 Å². The molecule has 3 aromatic heterocycles. The normalized spacial score (nSPS) is 16.7. The third kappa shape index (κ3) is 4.73. The van der Waals surface area contributed by atoms with Gasteiger partial charge in [-0.25, -0.2) is 18.4 Å². The van der Waals surface area contributed by atoms with Gasteiger partial charge in [0.25, 0.3) is 0 Å². The van der Waals surface area contributed by atoms with Crippen molar-refractivity contribution < 1.29 is 27.7 Å². The Balaban J connectivity index is 1.79. The Labute approximate surface area is 212 Å². The lowest BCUT2D eigenvalue weighted by atomic mass is 9.79. The maximum Gasteiger partial charge on any atom is 0.245 e. The zero-order valence-electron chi connectivity index (χ0n) is 20.1. The van der Waals surface area contributed by atoms with E-state index in [0.717, 1.165) is 6.42 Å². The summed E-state index contributed by atoms with van der Waals surface area (Å²) in [5, 5.41) is 18.7. The van der Waals surface area contributed by atoms with E-state index < -0.39 is 32.5 Å². The molecule has 0 spiro atoms. The highest BCUT2D eigenvalue weighted by atomic mass is 35.5. The fourth-order valence-corrected chi connectivity index (χ4v) is 5.51. The second-order valence-corrected chi connectivity index (χ2v) is 11.1. The van der Waals surface area contributed by atoms with Crippen molar-refractivity contribution in [3.63, 3.8) is 0 Å². The van der Waals surface area contributed by atoms with Crippen molar-refractivity contribution in [2.24, 2.45) is 0 Å². The Morgan fingerprint density at radius 2 is 1.69 bits per heavy atom. The van der Waals surface area contributed by atoms with Crippen LogP contribution in [0.2, 0.25) is 5.02 Å². The predicted octanol–water partition coefficient (Wildman–Crippen LogP) is 1.58. The zero-order chi connectivity index (χ0) is 26.1. The lowest BCUT2D eigenvalue weighted by Crippen LogP contribution is -2.37. The van der Waals surface area contributed by atoms with Crippen LogP contribution in [0.5, 0.6) is 11.8 Å². The Morgan fingerprint density at radius 3 is 2.19 bits per heavy atom. The molecular weight excluding hydrogens is 514 g/mol. The lowest BCUT2D eigenvalue weighted by Gasteiger charge is -2.35. The van der Waals surface area contributed by atoms with Crippen LogP contribution in [0.3, 0.4) is 0 Å². The number of halogens is 1. The molecule has 36 heavy (non-hydrogen) atoms. The molecule has 0 saturated heterocycles. The van der Waals surface area contributed by atoms with Crippen LogP contribution in [0.25, 0.3) is 5.69 Å². The van der Waals surface area contributed by atoms with Gasteiger partial charge in [0.15, 0.2) is 33.0 Å². The maximum absolute atomic E-state index is 13.6. The van der Waals surface area contributed by atoms with Gasteiger partial charge in [0.05, 0.1) is 24.5 Å². The van der Waals surface area contributed by atoms with Crippen LogP contribution < -0.4 is 9.47 Å². The number of sulfone groups is 1. The summed E-state index contributed by atoms with van der Waals surface area (Å²) in [5.74, 6) is -0.00323. The summed E-state index contributed by atoms with van der Waals surface area (Å²) >= 11 is 5.86. The summed E-state index contributed by atoms with van der Waals surface area (Å²) in [5.41, 5.74) is -1.11. The molecule has 13 nitrogen and oxygen atoms in total. The molecule has 0 aliphatic heterocycles. The first-order valence-electron chi connectivity index (χ1n) is 11.0. The van der Waals surface area contributed by atoms with E-state index in [1.54, 1.807) is 0 Å². The predicted molar refractivity (Wildman–Crippen MR) is 127 cm³/mol. The Bertz CT molecular complexity index is 1310. The average molecular weight is 540 g/mol. The van der Waals surface area contributed by atoms with E-state index in [-0.39, 0.29) is 34.9 Å². The molecule has 15 heteroatoms. The topological polar surface area (TPSA) is 164 Å². The van der Waals surface area contributed by atoms with E-state index in [4.69, 9.17) is 25.8 Å². The number of aromatic nitrogens is 7. The minimum Gasteiger partial charge on any atom is -0.479 e. The number of hydrogen-bond donors (Lipinski definition) is 1. The zero-order valence-corrected chi connectivity index (χ0v) is 21.7. The molecule has 3 heterocycles. The molecule has 0 amide bonds. The number of aliphatic hydroxyl groups is 1. The molecule has 1 aliphatic carbocycles. The fourth-order valence-electron chi connectivity index (χ4n) is 4.00. The van der Waals surface area contributed by atoms with E-state index in [9.17, 15) is 13.5 Å². The molecule has 0 bridgehead atoms. The number of hydrogen-bond acceptors (Lipinski definition) is 12. The molecule has 0 aromatic carbocycles. The quantitative estimate of drug-likeness (QED) is 0.396. The largest absolute Gasteiger partial charge is 0.479 e. The van der Waals surface area contributed by atoms with E-state index in [2.05, 4.69) is 30.1 Å². The molecule has 1 aliphatic rings. The molecule has 1 saturated carbocycles. The van der Waals surface area contributed by atoms with Gasteiger partial charge in [-0.05, 0) is 26.2 Å². The molecule has 0 unspecified atom stereocenters. The molecular formula is C21H26ClN7O6S. The summed E-state index contributed by atoms with van der Waals surface area (Å²) in [7, 11) is 0.242. The van der Waals surface area contributed by atoms with Gasteiger partial charge < -0.3 is 19.3 Å². The minimum atomic E-state index is -3.94. The highest BCUT2D eigenvalue weighted by molar-refractivity contribution is 7.91. The summed E-state index contributed by atoms with van der Waals surface area (Å²) in [6, 6.07) is 0. The Morgan fingerprint density at radius 1 is 1.08 bits per heavy atom. The molecule has 4 rings (SSSR count). The smallest absolute Gasteiger partial charge is 0.245 e. The van der Waals surface area contributed by atoms with Crippen LogP contribution >= 0.6 is 11.6 Å². The summed E-state index contributed by atoms with van der Waals surface area (Å²) in [4.78, 5) is 16.5. The van der Waals surface area contributed by atoms with Crippen molar-refractivity contribution in [2.75, 3.05) is 21.3 Å². The second-order valence-electron chi connectivity index (χ2n) is 8.33. The number of methoxy groups -OCH3 is 3. The van der Waals surface area contributed by atoms with Crippen molar-refractivity contribution in [3.8, 4) is 17.4 Å². The number of nitrogens with zero attached hydrogens (tertiary/aromatic N) is 7. The molecule has 2 atom stereocenters. The van der Waals surface area contributed by atoms with Gasteiger partial charge in [0.2, 0.25) is 11.8 Å². The van der Waals surface area contributed by atoms with Crippen molar-refractivity contribution in [2.45, 2.75) is 48.9 Å². The standard InChI is InChI=1S/C21H26ClN7O6S/c1-12(16(33-2)17-23-8-13(22)9-24-17)36(31,32)10-14-27-28-20(21(30)6-5-7-21)29(14)15-18(34-3)25-11-26-19(15)35-4/h8-9,11-12,16,30H,5-7,10H2,1-4H3/t12-,16-/m0/s1. The van der Waals surface area contributed by atoms with Gasteiger partial charge >= 0.3 is 0 Å². The Kier molecular flexibility index (Phi) is 7.41. The summed E-state index contributed by atoms with van der Waals surface area (Å²) in [6.45, 7) is 1.50. The van der Waals surface area contributed by atoms with Gasteiger partial charge in [0.1, 0.15) is 23.8 Å². The molecule has 0 radical (unpaired) electrons. The third-order valence-corrected chi connectivity index (χ3v) is 8.40. The van der Waals surface area contributed by atoms with Crippen LogP contribution in [0.15, 0.2) is 18.7 Å². The van der Waals surface area contributed by atoms with Crippen molar-refractivity contribution in [1.82, 2.24) is 34.7 Å². The van der Waals surface area contributed by atoms with Crippen LogP contribution in [-0.2, 0) is 25.9 Å². The van der Waals surface area contributed by atoms with Crippen LogP contribution in [0.1, 0.15) is 49.8 Å². The second kappa shape index (κ2) is 10.2. The molecule has 194 valence electrons. The van der Waals surface area contributed by atoms with Crippen LogP contribution in [-0.4, -0.2) is 74.8 Å². The lowest BCUT2D eigenvalue weighted by molar-refractivity contribution is -0.0483. The highest BCUT2D eigenvalue weighted by Gasteiger charge is 2.44. The van der Waals surface area contributed by atoms with E-state index in [1.807, 2.05) is 0 Å². The molecule has 3 aromatic rings. The first-order chi connectivity index (χ1) is 17.1. The molecule has 1 N–H and O–H groups in total. The van der Waals surface area contributed by atoms with Crippen molar-refractivity contribution in [3.05, 3.63) is 41.2 Å². The van der Waals surface area contributed by atoms with Crippen LogP contribution in [0, 0.1) is 0 Å². The van der Waals surface area contributed by atoms with Gasteiger partial charge in [0, 0.05) is 19.5 Å². The van der Waals surface area contributed by atoms with E-state index in [1.165, 1.54) is 51.5 Å². The summed E-state index contributed by atoms with van der Waals surface area (Å²) < 4.78 is 44.8. The summed E-state index contributed by atoms with van der Waals surface area (Å²) in [6.07, 6.45) is 4.67. The number of ether oxygens (including phenoxy) is 3. The SMILES string of the molecule is COc1ncnc(OC)c1-n1c(CS(=O)(=O)[C@@H](C)[C@H](OC)c2ncc(Cl)cn2)nnc1C1(O)CCC1.